The minimum Gasteiger partial charge on any atom is -0.435 e. The van der Waals surface area contributed by atoms with Gasteiger partial charge in [-0.3, -0.25) is 4.79 Å². The molecule has 0 aromatic rings. The molecule has 2 fully saturated rings. The first-order chi connectivity index (χ1) is 7.55. The van der Waals surface area contributed by atoms with Crippen molar-refractivity contribution >= 4 is 21.9 Å². The average molecular weight is 291 g/mol. The molecule has 1 saturated heterocycles. The Hall–Kier alpha value is -0.0900. The van der Waals surface area contributed by atoms with E-state index in [1.165, 1.54) is 26.2 Å². The van der Waals surface area contributed by atoms with Crippen LogP contribution in [0, 0.1) is 5.92 Å². The monoisotopic (exact) mass is 290 g/mol. The molecule has 1 aliphatic carbocycles. The van der Waals surface area contributed by atoms with E-state index in [0.29, 0.717) is 5.92 Å². The maximum atomic E-state index is 11.0. The van der Waals surface area contributed by atoms with Gasteiger partial charge < -0.3 is 9.47 Å². The summed E-state index contributed by atoms with van der Waals surface area (Å²) >= 11 is 3.61. The van der Waals surface area contributed by atoms with Crippen molar-refractivity contribution in [2.24, 2.45) is 5.92 Å². The second kappa shape index (κ2) is 4.65. The number of hydrogen-bond donors (Lipinski definition) is 0. The predicted octanol–water partition coefficient (Wildman–Crippen LogP) is 3.01. The van der Waals surface area contributed by atoms with Crippen LogP contribution in [0.4, 0.5) is 0 Å². The van der Waals surface area contributed by atoms with E-state index in [4.69, 9.17) is 9.47 Å². The Morgan fingerprint density at radius 2 is 2.00 bits per heavy atom. The van der Waals surface area contributed by atoms with E-state index in [0.717, 1.165) is 12.8 Å². The topological polar surface area (TPSA) is 35.5 Å². The molecule has 0 radical (unpaired) electrons. The lowest BCUT2D eigenvalue weighted by Gasteiger charge is -2.36. The van der Waals surface area contributed by atoms with Crippen LogP contribution in [0.3, 0.4) is 0 Å². The lowest BCUT2D eigenvalue weighted by molar-refractivity contribution is -0.191. The van der Waals surface area contributed by atoms with Gasteiger partial charge in [0.05, 0.1) is 10.4 Å². The third kappa shape index (κ3) is 2.14. The van der Waals surface area contributed by atoms with Crippen LogP contribution >= 0.6 is 15.9 Å². The molecule has 1 aliphatic heterocycles. The first-order valence-electron chi connectivity index (χ1n) is 6.04. The minimum absolute atomic E-state index is 0.0630. The highest BCUT2D eigenvalue weighted by atomic mass is 79.9. The zero-order valence-corrected chi connectivity index (χ0v) is 11.5. The van der Waals surface area contributed by atoms with E-state index in [1.54, 1.807) is 0 Å². The van der Waals surface area contributed by atoms with Crippen LogP contribution in [0.1, 0.15) is 46.0 Å². The molecule has 0 amide bonds. The van der Waals surface area contributed by atoms with E-state index < -0.39 is 6.29 Å². The molecule has 1 spiro atoms. The fourth-order valence-electron chi connectivity index (χ4n) is 2.91. The van der Waals surface area contributed by atoms with E-state index >= 15 is 0 Å². The van der Waals surface area contributed by atoms with Crippen molar-refractivity contribution in [3.05, 3.63) is 0 Å². The minimum atomic E-state index is -0.411. The van der Waals surface area contributed by atoms with Crippen molar-refractivity contribution in [1.29, 1.82) is 0 Å². The SMILES string of the molecule is CC(=O)O[C@H]1OC2(CCCCC2)[C@H](C)[C@@H]1Br. The molecule has 2 aliphatic rings. The maximum Gasteiger partial charge on any atom is 0.304 e. The molecule has 16 heavy (non-hydrogen) atoms. The number of esters is 1. The fraction of sp³-hybridized carbons (Fsp3) is 0.917. The van der Waals surface area contributed by atoms with Crippen molar-refractivity contribution in [1.82, 2.24) is 0 Å². The summed E-state index contributed by atoms with van der Waals surface area (Å²) in [6.07, 6.45) is 5.50. The van der Waals surface area contributed by atoms with Crippen LogP contribution in [0.25, 0.3) is 0 Å². The molecule has 0 aromatic heterocycles. The Bertz CT molecular complexity index is 273. The Labute approximate surface area is 105 Å². The van der Waals surface area contributed by atoms with Gasteiger partial charge in [-0.1, -0.05) is 42.1 Å². The van der Waals surface area contributed by atoms with E-state index in [1.807, 2.05) is 0 Å². The summed E-state index contributed by atoms with van der Waals surface area (Å²) < 4.78 is 11.2. The number of hydrogen-bond acceptors (Lipinski definition) is 3. The van der Waals surface area contributed by atoms with Crippen LogP contribution in [0.15, 0.2) is 0 Å². The van der Waals surface area contributed by atoms with E-state index in [9.17, 15) is 4.79 Å². The van der Waals surface area contributed by atoms with Gasteiger partial charge in [0.15, 0.2) is 0 Å². The van der Waals surface area contributed by atoms with Gasteiger partial charge in [0.2, 0.25) is 6.29 Å². The molecular formula is C12H19BrO3. The van der Waals surface area contributed by atoms with Crippen LogP contribution in [0.5, 0.6) is 0 Å². The van der Waals surface area contributed by atoms with Crippen LogP contribution in [0.2, 0.25) is 0 Å². The van der Waals surface area contributed by atoms with Crippen LogP contribution in [-0.2, 0) is 14.3 Å². The molecular weight excluding hydrogens is 272 g/mol. The number of rotatable bonds is 1. The number of ether oxygens (including phenoxy) is 2. The Morgan fingerprint density at radius 3 is 2.56 bits per heavy atom. The zero-order chi connectivity index (χ0) is 11.8. The molecule has 0 bridgehead atoms. The number of halogens is 1. The van der Waals surface area contributed by atoms with Crippen molar-refractivity contribution in [2.45, 2.75) is 62.7 Å². The normalized spacial score (nSPS) is 37.6. The van der Waals surface area contributed by atoms with Crippen molar-refractivity contribution in [3.8, 4) is 0 Å². The summed E-state index contributed by atoms with van der Waals surface area (Å²) in [6.45, 7) is 3.62. The lowest BCUT2D eigenvalue weighted by Crippen LogP contribution is -2.37. The second-order valence-electron chi connectivity index (χ2n) is 4.95. The number of carbonyl (C=O) groups excluding carboxylic acids is 1. The van der Waals surface area contributed by atoms with Crippen LogP contribution < -0.4 is 0 Å². The van der Waals surface area contributed by atoms with Crippen molar-refractivity contribution in [3.63, 3.8) is 0 Å². The third-order valence-electron chi connectivity index (χ3n) is 3.90. The highest BCUT2D eigenvalue weighted by molar-refractivity contribution is 9.09. The lowest BCUT2D eigenvalue weighted by atomic mass is 9.77. The van der Waals surface area contributed by atoms with Crippen LogP contribution in [-0.4, -0.2) is 22.7 Å². The van der Waals surface area contributed by atoms with Gasteiger partial charge in [0, 0.05) is 12.8 Å². The van der Waals surface area contributed by atoms with Gasteiger partial charge in [0.1, 0.15) is 0 Å². The zero-order valence-electron chi connectivity index (χ0n) is 9.87. The second-order valence-corrected chi connectivity index (χ2v) is 6.01. The summed E-state index contributed by atoms with van der Waals surface area (Å²) in [4.78, 5) is 11.1. The van der Waals surface area contributed by atoms with E-state index in [-0.39, 0.29) is 16.4 Å². The molecule has 3 atom stereocenters. The summed E-state index contributed by atoms with van der Waals surface area (Å²) in [6, 6.07) is 0. The molecule has 1 saturated carbocycles. The van der Waals surface area contributed by atoms with Gasteiger partial charge >= 0.3 is 5.97 Å². The molecule has 0 N–H and O–H groups in total. The summed E-state index contributed by atoms with van der Waals surface area (Å²) in [5.74, 6) is 0.131. The highest BCUT2D eigenvalue weighted by Crippen LogP contribution is 2.48. The summed E-state index contributed by atoms with van der Waals surface area (Å²) in [5, 5.41) is 0. The average Bonchev–Trinajstić information content (AvgIpc) is 2.45. The molecule has 3 nitrogen and oxygen atoms in total. The first kappa shape index (κ1) is 12.4. The third-order valence-corrected chi connectivity index (χ3v) is 5.13. The Morgan fingerprint density at radius 1 is 1.38 bits per heavy atom. The standard InChI is InChI=1S/C12H19BrO3/c1-8-10(13)11(15-9(2)14)16-12(8)6-4-3-5-7-12/h8,10-11H,3-7H2,1-2H3/t8-,10+,11+/m1/s1. The van der Waals surface area contributed by atoms with Crippen molar-refractivity contribution in [2.75, 3.05) is 0 Å². The summed E-state index contributed by atoms with van der Waals surface area (Å²) in [7, 11) is 0. The highest BCUT2D eigenvalue weighted by Gasteiger charge is 2.53. The van der Waals surface area contributed by atoms with Gasteiger partial charge in [-0.05, 0) is 12.8 Å². The molecule has 4 heteroatoms. The van der Waals surface area contributed by atoms with Gasteiger partial charge in [0.25, 0.3) is 0 Å². The maximum absolute atomic E-state index is 11.0. The Kier molecular flexibility index (Phi) is 3.59. The fourth-order valence-corrected chi connectivity index (χ4v) is 3.60. The molecule has 0 aromatic carbocycles. The van der Waals surface area contributed by atoms with Gasteiger partial charge in [-0.15, -0.1) is 0 Å². The largest absolute Gasteiger partial charge is 0.435 e. The van der Waals surface area contributed by atoms with Gasteiger partial charge in [-0.2, -0.15) is 0 Å². The predicted molar refractivity (Wildman–Crippen MR) is 64.3 cm³/mol. The van der Waals surface area contributed by atoms with E-state index in [2.05, 4.69) is 22.9 Å². The Balaban J connectivity index is 2.09. The van der Waals surface area contributed by atoms with Crippen molar-refractivity contribution < 1.29 is 14.3 Å². The number of carbonyl (C=O) groups is 1. The number of alkyl halides is 1. The molecule has 2 rings (SSSR count). The molecule has 1 heterocycles. The van der Waals surface area contributed by atoms with Gasteiger partial charge in [-0.25, -0.2) is 0 Å². The quantitative estimate of drug-likeness (QED) is 0.550. The first-order valence-corrected chi connectivity index (χ1v) is 6.96. The summed E-state index contributed by atoms with van der Waals surface area (Å²) in [5.41, 5.74) is -0.0630. The smallest absolute Gasteiger partial charge is 0.304 e. The molecule has 92 valence electrons. The molecule has 0 unspecified atom stereocenters.